The summed E-state index contributed by atoms with van der Waals surface area (Å²) in [5.74, 6) is -0.652. The predicted octanol–water partition coefficient (Wildman–Crippen LogP) is 3.41. The van der Waals surface area contributed by atoms with Crippen molar-refractivity contribution < 1.29 is 18.7 Å². The molecule has 142 valence electrons. The van der Waals surface area contributed by atoms with Gasteiger partial charge >= 0.3 is 0 Å². The molecule has 0 saturated heterocycles. The first-order valence-corrected chi connectivity index (χ1v) is 8.49. The van der Waals surface area contributed by atoms with Gasteiger partial charge in [-0.3, -0.25) is 14.6 Å². The number of hydrogen-bond acceptors (Lipinski definition) is 4. The average Bonchev–Trinajstić information content (AvgIpc) is 2.73. The van der Waals surface area contributed by atoms with Gasteiger partial charge in [-0.1, -0.05) is 24.3 Å². The van der Waals surface area contributed by atoms with Crippen LogP contribution in [0.5, 0.6) is 5.75 Å². The SMILES string of the molecule is COc1cccc(NC(=O)c2cncc(C(=O)NCc3ccccc3F)c2)c1. The number of ether oxygens (including phenoxy) is 1. The first kappa shape index (κ1) is 19.0. The van der Waals surface area contributed by atoms with Crippen LogP contribution in [0.1, 0.15) is 26.3 Å². The molecule has 3 aromatic rings. The molecule has 0 aliphatic carbocycles. The van der Waals surface area contributed by atoms with Gasteiger partial charge in [0.2, 0.25) is 0 Å². The smallest absolute Gasteiger partial charge is 0.257 e. The number of nitrogens with one attached hydrogen (secondary N) is 2. The molecule has 0 radical (unpaired) electrons. The molecule has 2 amide bonds. The normalized spacial score (nSPS) is 10.2. The second-order valence-corrected chi connectivity index (χ2v) is 5.92. The van der Waals surface area contributed by atoms with E-state index in [0.717, 1.165) is 0 Å². The summed E-state index contributed by atoms with van der Waals surface area (Å²) in [5, 5.41) is 5.34. The maximum absolute atomic E-state index is 13.6. The fourth-order valence-electron chi connectivity index (χ4n) is 2.51. The number of nitrogens with zero attached hydrogens (tertiary/aromatic N) is 1. The Bertz CT molecular complexity index is 1010. The summed E-state index contributed by atoms with van der Waals surface area (Å²) < 4.78 is 18.8. The third kappa shape index (κ3) is 4.70. The van der Waals surface area contributed by atoms with E-state index in [1.807, 2.05) is 0 Å². The Labute approximate surface area is 161 Å². The molecular weight excluding hydrogens is 361 g/mol. The van der Waals surface area contributed by atoms with Crippen LogP contribution in [-0.4, -0.2) is 23.9 Å². The van der Waals surface area contributed by atoms with E-state index in [0.29, 0.717) is 17.0 Å². The maximum atomic E-state index is 13.6. The fourth-order valence-corrected chi connectivity index (χ4v) is 2.51. The highest BCUT2D eigenvalue weighted by atomic mass is 19.1. The highest BCUT2D eigenvalue weighted by molar-refractivity contribution is 6.05. The monoisotopic (exact) mass is 379 g/mol. The van der Waals surface area contributed by atoms with Gasteiger partial charge in [-0.25, -0.2) is 4.39 Å². The van der Waals surface area contributed by atoms with Crippen LogP contribution in [0.2, 0.25) is 0 Å². The van der Waals surface area contributed by atoms with Crippen LogP contribution in [0.3, 0.4) is 0 Å². The van der Waals surface area contributed by atoms with E-state index in [2.05, 4.69) is 15.6 Å². The van der Waals surface area contributed by atoms with Crippen molar-refractivity contribution in [3.05, 3.63) is 89.5 Å². The first-order valence-electron chi connectivity index (χ1n) is 8.49. The minimum absolute atomic E-state index is 0.0335. The first-order chi connectivity index (χ1) is 13.6. The topological polar surface area (TPSA) is 80.3 Å². The van der Waals surface area contributed by atoms with Gasteiger partial charge in [0.05, 0.1) is 18.2 Å². The van der Waals surface area contributed by atoms with Crippen LogP contribution < -0.4 is 15.4 Å². The lowest BCUT2D eigenvalue weighted by molar-refractivity contribution is 0.0950. The van der Waals surface area contributed by atoms with Crippen LogP contribution in [0, 0.1) is 5.82 Å². The average molecular weight is 379 g/mol. The molecule has 0 saturated carbocycles. The van der Waals surface area contributed by atoms with Crippen LogP contribution in [0.25, 0.3) is 0 Å². The molecule has 1 aromatic heterocycles. The van der Waals surface area contributed by atoms with Gasteiger partial charge in [0, 0.05) is 36.3 Å². The van der Waals surface area contributed by atoms with E-state index >= 15 is 0 Å². The zero-order valence-electron chi connectivity index (χ0n) is 15.1. The van der Waals surface area contributed by atoms with Gasteiger partial charge in [-0.15, -0.1) is 0 Å². The summed E-state index contributed by atoms with van der Waals surface area (Å²) in [4.78, 5) is 28.7. The molecule has 7 heteroatoms. The molecule has 2 aromatic carbocycles. The Morgan fingerprint density at radius 2 is 1.75 bits per heavy atom. The van der Waals surface area contributed by atoms with Gasteiger partial charge in [-0.05, 0) is 24.3 Å². The minimum Gasteiger partial charge on any atom is -0.497 e. The van der Waals surface area contributed by atoms with E-state index in [1.165, 1.54) is 31.6 Å². The molecule has 0 fully saturated rings. The van der Waals surface area contributed by atoms with Crippen molar-refractivity contribution in [1.82, 2.24) is 10.3 Å². The van der Waals surface area contributed by atoms with Crippen LogP contribution >= 0.6 is 0 Å². The molecule has 0 aliphatic heterocycles. The predicted molar refractivity (Wildman–Crippen MR) is 103 cm³/mol. The molecule has 0 aliphatic rings. The Morgan fingerprint density at radius 3 is 2.50 bits per heavy atom. The number of amides is 2. The van der Waals surface area contributed by atoms with E-state index in [-0.39, 0.29) is 17.7 Å². The third-order valence-corrected chi connectivity index (χ3v) is 3.99. The van der Waals surface area contributed by atoms with Gasteiger partial charge < -0.3 is 15.4 Å². The highest BCUT2D eigenvalue weighted by Gasteiger charge is 2.12. The number of benzene rings is 2. The quantitative estimate of drug-likeness (QED) is 0.688. The molecule has 0 spiro atoms. The second kappa shape index (κ2) is 8.77. The Hall–Kier alpha value is -3.74. The highest BCUT2D eigenvalue weighted by Crippen LogP contribution is 2.17. The van der Waals surface area contributed by atoms with E-state index in [4.69, 9.17) is 4.74 Å². The van der Waals surface area contributed by atoms with Crippen LogP contribution in [-0.2, 0) is 6.54 Å². The number of pyridine rings is 1. The number of anilines is 1. The second-order valence-electron chi connectivity index (χ2n) is 5.92. The number of methoxy groups -OCH3 is 1. The molecular formula is C21H18FN3O3. The third-order valence-electron chi connectivity index (χ3n) is 3.99. The van der Waals surface area contributed by atoms with Crippen molar-refractivity contribution >= 4 is 17.5 Å². The maximum Gasteiger partial charge on any atom is 0.257 e. The summed E-state index contributed by atoms with van der Waals surface area (Å²) >= 11 is 0. The number of aromatic nitrogens is 1. The number of halogens is 1. The number of carbonyl (C=O) groups is 2. The zero-order chi connectivity index (χ0) is 19.9. The van der Waals surface area contributed by atoms with Crippen LogP contribution in [0.4, 0.5) is 10.1 Å². The number of rotatable bonds is 6. The van der Waals surface area contributed by atoms with Gasteiger partial charge in [-0.2, -0.15) is 0 Å². The number of hydrogen-bond donors (Lipinski definition) is 2. The lowest BCUT2D eigenvalue weighted by Gasteiger charge is -2.09. The largest absolute Gasteiger partial charge is 0.497 e. The molecule has 2 N–H and O–H groups in total. The van der Waals surface area contributed by atoms with E-state index < -0.39 is 17.6 Å². The molecule has 0 atom stereocenters. The van der Waals surface area contributed by atoms with Crippen molar-refractivity contribution in [3.8, 4) is 5.75 Å². The molecule has 0 unspecified atom stereocenters. The van der Waals surface area contributed by atoms with E-state index in [1.54, 1.807) is 42.5 Å². The van der Waals surface area contributed by atoms with Crippen molar-refractivity contribution in [2.45, 2.75) is 6.54 Å². The molecule has 3 rings (SSSR count). The molecule has 0 bridgehead atoms. The summed E-state index contributed by atoms with van der Waals surface area (Å²) in [6.45, 7) is 0.0335. The molecule has 28 heavy (non-hydrogen) atoms. The van der Waals surface area contributed by atoms with Crippen LogP contribution in [0.15, 0.2) is 67.0 Å². The standard InChI is InChI=1S/C21H18FN3O3/c1-28-18-7-4-6-17(10-18)25-21(27)16-9-15(11-23-12-16)20(26)24-13-14-5-2-3-8-19(14)22/h2-12H,13H2,1H3,(H,24,26)(H,25,27). The number of carbonyl (C=O) groups excluding carboxylic acids is 2. The van der Waals surface area contributed by atoms with Crippen molar-refractivity contribution in [2.75, 3.05) is 12.4 Å². The summed E-state index contributed by atoms with van der Waals surface area (Å²) in [5.41, 5.74) is 1.35. The lowest BCUT2D eigenvalue weighted by atomic mass is 10.1. The minimum atomic E-state index is -0.452. The van der Waals surface area contributed by atoms with Crippen molar-refractivity contribution in [3.63, 3.8) is 0 Å². The Morgan fingerprint density at radius 1 is 1.00 bits per heavy atom. The summed E-state index contributed by atoms with van der Waals surface area (Å²) in [6, 6.07) is 14.5. The summed E-state index contributed by atoms with van der Waals surface area (Å²) in [6.07, 6.45) is 2.71. The van der Waals surface area contributed by atoms with Crippen molar-refractivity contribution in [2.24, 2.45) is 0 Å². The van der Waals surface area contributed by atoms with Gasteiger partial charge in [0.1, 0.15) is 11.6 Å². The molecule has 6 nitrogen and oxygen atoms in total. The van der Waals surface area contributed by atoms with E-state index in [9.17, 15) is 14.0 Å². The fraction of sp³-hybridized carbons (Fsp3) is 0.0952. The van der Waals surface area contributed by atoms with Crippen molar-refractivity contribution in [1.29, 1.82) is 0 Å². The Balaban J connectivity index is 1.68. The molecule has 1 heterocycles. The lowest BCUT2D eigenvalue weighted by Crippen LogP contribution is -2.24. The van der Waals surface area contributed by atoms with Gasteiger partial charge in [0.25, 0.3) is 11.8 Å². The van der Waals surface area contributed by atoms with Gasteiger partial charge in [0.15, 0.2) is 0 Å². The Kier molecular flexibility index (Phi) is 5.96. The zero-order valence-corrected chi connectivity index (χ0v) is 15.1. The summed E-state index contributed by atoms with van der Waals surface area (Å²) in [7, 11) is 1.54.